The number of nitrogens with two attached hydrogens (primary N) is 1. The van der Waals surface area contributed by atoms with Crippen LogP contribution in [0.2, 0.25) is 0 Å². The minimum Gasteiger partial charge on any atom is -0.355 e. The number of hydrogen-bond acceptors (Lipinski definition) is 5. The largest absolute Gasteiger partial charge is 0.355 e. The Balaban J connectivity index is 0.00000196. The zero-order valence-electron chi connectivity index (χ0n) is 15.5. The van der Waals surface area contributed by atoms with E-state index in [4.69, 9.17) is 5.73 Å². The van der Waals surface area contributed by atoms with Crippen molar-refractivity contribution in [1.29, 1.82) is 0 Å². The molecule has 154 valence electrons. The van der Waals surface area contributed by atoms with Gasteiger partial charge in [0.25, 0.3) is 5.91 Å². The monoisotopic (exact) mass is 444 g/mol. The number of halogens is 2. The van der Waals surface area contributed by atoms with Crippen LogP contribution in [0.15, 0.2) is 35.7 Å². The Kier molecular flexibility index (Phi) is 10.5. The molecule has 3 N–H and O–H groups in total. The first kappa shape index (κ1) is 24.4. The molecule has 6 nitrogen and oxygen atoms in total. The Labute approximate surface area is 181 Å². The van der Waals surface area contributed by atoms with Crippen molar-refractivity contribution in [2.75, 3.05) is 26.2 Å². The van der Waals surface area contributed by atoms with Gasteiger partial charge in [-0.2, -0.15) is 0 Å². The van der Waals surface area contributed by atoms with E-state index in [1.54, 1.807) is 4.90 Å². The topological polar surface area (TPSA) is 88.3 Å². The van der Waals surface area contributed by atoms with E-state index in [9.17, 15) is 9.59 Å². The Morgan fingerprint density at radius 1 is 1.25 bits per heavy atom. The van der Waals surface area contributed by atoms with Crippen LogP contribution in [-0.2, 0) is 11.2 Å². The molecule has 2 amide bonds. The molecule has 1 aromatic carbocycles. The van der Waals surface area contributed by atoms with Crippen LogP contribution in [0, 0.1) is 5.92 Å². The zero-order chi connectivity index (χ0) is 18.4. The predicted octanol–water partition coefficient (Wildman–Crippen LogP) is 2.50. The molecule has 1 unspecified atom stereocenters. The fourth-order valence-electron chi connectivity index (χ4n) is 3.14. The molecule has 3 rings (SSSR count). The molecule has 1 aromatic heterocycles. The first-order valence-electron chi connectivity index (χ1n) is 8.92. The van der Waals surface area contributed by atoms with Gasteiger partial charge in [0.05, 0.1) is 10.9 Å². The summed E-state index contributed by atoms with van der Waals surface area (Å²) in [5.41, 5.74) is 7.08. The van der Waals surface area contributed by atoms with E-state index in [1.165, 1.54) is 16.9 Å². The maximum atomic E-state index is 12.8. The summed E-state index contributed by atoms with van der Waals surface area (Å²) in [5.74, 6) is -0.269. The summed E-state index contributed by atoms with van der Waals surface area (Å²) in [5, 5.41) is 5.56. The van der Waals surface area contributed by atoms with Crippen molar-refractivity contribution in [1.82, 2.24) is 15.2 Å². The third-order valence-electron chi connectivity index (χ3n) is 4.49. The molecule has 0 bridgehead atoms. The van der Waals surface area contributed by atoms with Crippen LogP contribution in [0.4, 0.5) is 0 Å². The lowest BCUT2D eigenvalue weighted by Gasteiger charge is -2.31. The Morgan fingerprint density at radius 2 is 2.00 bits per heavy atom. The van der Waals surface area contributed by atoms with E-state index in [2.05, 4.69) is 22.4 Å². The number of aromatic nitrogens is 1. The molecule has 1 fully saturated rings. The molecular formula is C19H26Cl2N4O2S. The number of carbonyl (C=O) groups is 2. The van der Waals surface area contributed by atoms with Gasteiger partial charge in [-0.3, -0.25) is 9.59 Å². The minimum absolute atomic E-state index is 0. The molecule has 1 aliphatic rings. The number of benzene rings is 1. The number of nitrogens with zero attached hydrogens (tertiary/aromatic N) is 2. The van der Waals surface area contributed by atoms with Gasteiger partial charge in [-0.15, -0.1) is 36.2 Å². The molecule has 2 aromatic rings. The van der Waals surface area contributed by atoms with Gasteiger partial charge in [0.15, 0.2) is 0 Å². The van der Waals surface area contributed by atoms with Gasteiger partial charge >= 0.3 is 0 Å². The average Bonchev–Trinajstić information content (AvgIpc) is 3.14. The van der Waals surface area contributed by atoms with Crippen LogP contribution in [0.5, 0.6) is 0 Å². The maximum absolute atomic E-state index is 12.8. The Hall–Kier alpha value is -1.67. The molecule has 0 aliphatic carbocycles. The first-order chi connectivity index (χ1) is 12.7. The third kappa shape index (κ3) is 6.44. The number of piperidine rings is 1. The second-order valence-electron chi connectivity index (χ2n) is 6.46. The van der Waals surface area contributed by atoms with Crippen molar-refractivity contribution in [3.05, 3.63) is 52.0 Å². The molecule has 2 heterocycles. The van der Waals surface area contributed by atoms with Crippen molar-refractivity contribution in [3.63, 3.8) is 0 Å². The second kappa shape index (κ2) is 12.0. The summed E-state index contributed by atoms with van der Waals surface area (Å²) in [6.07, 6.45) is 2.35. The number of nitrogens with one attached hydrogen (secondary N) is 1. The maximum Gasteiger partial charge on any atom is 0.273 e. The summed E-state index contributed by atoms with van der Waals surface area (Å²) in [4.78, 5) is 31.2. The van der Waals surface area contributed by atoms with E-state index in [0.29, 0.717) is 31.9 Å². The van der Waals surface area contributed by atoms with Gasteiger partial charge in [0.1, 0.15) is 5.69 Å². The highest BCUT2D eigenvalue weighted by molar-refractivity contribution is 7.09. The second-order valence-corrected chi connectivity index (χ2v) is 7.40. The van der Waals surface area contributed by atoms with Crippen LogP contribution in [-0.4, -0.2) is 47.9 Å². The van der Waals surface area contributed by atoms with Crippen LogP contribution in [0.3, 0.4) is 0 Å². The SMILES string of the molecule is Cl.Cl.NCCNC(=O)C1CCCN(C(=O)c2csc(Cc3ccccc3)n2)C1. The van der Waals surface area contributed by atoms with Gasteiger partial charge < -0.3 is 16.0 Å². The smallest absolute Gasteiger partial charge is 0.273 e. The van der Waals surface area contributed by atoms with Gasteiger partial charge in [0.2, 0.25) is 5.91 Å². The fraction of sp³-hybridized carbons (Fsp3) is 0.421. The quantitative estimate of drug-likeness (QED) is 0.715. The minimum atomic E-state index is -0.165. The van der Waals surface area contributed by atoms with Crippen LogP contribution >= 0.6 is 36.2 Å². The highest BCUT2D eigenvalue weighted by Gasteiger charge is 2.29. The lowest BCUT2D eigenvalue weighted by Crippen LogP contribution is -2.46. The van der Waals surface area contributed by atoms with E-state index in [0.717, 1.165) is 24.3 Å². The molecule has 1 aliphatic heterocycles. The molecule has 28 heavy (non-hydrogen) atoms. The molecular weight excluding hydrogens is 419 g/mol. The van der Waals surface area contributed by atoms with E-state index in [1.807, 2.05) is 23.6 Å². The van der Waals surface area contributed by atoms with Crippen molar-refractivity contribution in [3.8, 4) is 0 Å². The van der Waals surface area contributed by atoms with Gasteiger partial charge in [-0.25, -0.2) is 4.98 Å². The fourth-order valence-corrected chi connectivity index (χ4v) is 3.94. The predicted molar refractivity (Wildman–Crippen MR) is 117 cm³/mol. The summed E-state index contributed by atoms with van der Waals surface area (Å²) in [6, 6.07) is 10.1. The van der Waals surface area contributed by atoms with E-state index in [-0.39, 0.29) is 42.5 Å². The molecule has 0 saturated carbocycles. The van der Waals surface area contributed by atoms with Gasteiger partial charge in [-0.05, 0) is 18.4 Å². The van der Waals surface area contributed by atoms with E-state index >= 15 is 0 Å². The first-order valence-corrected chi connectivity index (χ1v) is 9.80. The van der Waals surface area contributed by atoms with Crippen LogP contribution in [0.1, 0.15) is 33.9 Å². The molecule has 0 spiro atoms. The highest BCUT2D eigenvalue weighted by atomic mass is 35.5. The summed E-state index contributed by atoms with van der Waals surface area (Å²) in [7, 11) is 0. The van der Waals surface area contributed by atoms with Crippen LogP contribution in [0.25, 0.3) is 0 Å². The van der Waals surface area contributed by atoms with Crippen LogP contribution < -0.4 is 11.1 Å². The Bertz CT molecular complexity index is 757. The Morgan fingerprint density at radius 3 is 2.71 bits per heavy atom. The summed E-state index contributed by atoms with van der Waals surface area (Å²) < 4.78 is 0. The number of hydrogen-bond donors (Lipinski definition) is 2. The number of amides is 2. The molecule has 1 atom stereocenters. The number of rotatable bonds is 6. The van der Waals surface area contributed by atoms with E-state index < -0.39 is 0 Å². The molecule has 9 heteroatoms. The van der Waals surface area contributed by atoms with Gasteiger partial charge in [0, 0.05) is 38.0 Å². The van der Waals surface area contributed by atoms with Crippen molar-refractivity contribution < 1.29 is 9.59 Å². The molecule has 0 radical (unpaired) electrons. The standard InChI is InChI=1S/C19H24N4O2S.2ClH/c20-8-9-21-18(24)15-7-4-10-23(12-15)19(25)16-13-26-17(22-16)11-14-5-2-1-3-6-14;;/h1-3,5-6,13,15H,4,7-12,20H2,(H,21,24);2*1H. The highest BCUT2D eigenvalue weighted by Crippen LogP contribution is 2.21. The van der Waals surface area contributed by atoms with Crippen molar-refractivity contribution in [2.45, 2.75) is 19.3 Å². The summed E-state index contributed by atoms with van der Waals surface area (Å²) >= 11 is 1.50. The number of carbonyl (C=O) groups excluding carboxylic acids is 2. The number of likely N-dealkylation sites (tertiary alicyclic amines) is 1. The van der Waals surface area contributed by atoms with Crippen molar-refractivity contribution in [2.24, 2.45) is 11.7 Å². The molecule has 1 saturated heterocycles. The number of thiazole rings is 1. The normalized spacial score (nSPS) is 15.9. The zero-order valence-corrected chi connectivity index (χ0v) is 18.0. The van der Waals surface area contributed by atoms with Gasteiger partial charge in [-0.1, -0.05) is 30.3 Å². The summed E-state index contributed by atoms with van der Waals surface area (Å²) in [6.45, 7) is 2.01. The van der Waals surface area contributed by atoms with Crippen molar-refractivity contribution >= 4 is 48.0 Å². The lowest BCUT2D eigenvalue weighted by atomic mass is 9.97. The lowest BCUT2D eigenvalue weighted by molar-refractivity contribution is -0.126. The average molecular weight is 445 g/mol. The third-order valence-corrected chi connectivity index (χ3v) is 5.34.